The number of aromatic nitrogens is 2. The van der Waals surface area contributed by atoms with Crippen molar-refractivity contribution in [2.75, 3.05) is 36.0 Å². The Balaban J connectivity index is 1.55. The average molecular weight is 345 g/mol. The van der Waals surface area contributed by atoms with Crippen LogP contribution in [-0.2, 0) is 0 Å². The van der Waals surface area contributed by atoms with Gasteiger partial charge in [0.05, 0.1) is 5.39 Å². The molecule has 0 amide bonds. The zero-order chi connectivity index (χ0) is 15.8. The third-order valence-electron chi connectivity index (χ3n) is 4.18. The van der Waals surface area contributed by atoms with Crippen LogP contribution in [-0.4, -0.2) is 36.1 Å². The SMILES string of the molecule is Cc1cc2c(N3CCN(c4cccc(Cl)c4)CC3)ncnc2s1. The molecule has 0 spiro atoms. The van der Waals surface area contributed by atoms with Crippen LogP contribution in [0.2, 0.25) is 5.02 Å². The van der Waals surface area contributed by atoms with Gasteiger partial charge in [-0.25, -0.2) is 9.97 Å². The molecule has 6 heteroatoms. The molecule has 4 nitrogen and oxygen atoms in total. The Labute approximate surface area is 144 Å². The van der Waals surface area contributed by atoms with E-state index in [2.05, 4.69) is 38.8 Å². The minimum Gasteiger partial charge on any atom is -0.368 e. The van der Waals surface area contributed by atoms with Crippen LogP contribution < -0.4 is 9.80 Å². The van der Waals surface area contributed by atoms with Crippen molar-refractivity contribution in [1.29, 1.82) is 0 Å². The van der Waals surface area contributed by atoms with E-state index >= 15 is 0 Å². The number of anilines is 2. The summed E-state index contributed by atoms with van der Waals surface area (Å²) in [5, 5.41) is 1.96. The van der Waals surface area contributed by atoms with Crippen molar-refractivity contribution in [2.45, 2.75) is 6.92 Å². The summed E-state index contributed by atoms with van der Waals surface area (Å²) < 4.78 is 0. The molecule has 23 heavy (non-hydrogen) atoms. The average Bonchev–Trinajstić information content (AvgIpc) is 2.95. The van der Waals surface area contributed by atoms with Crippen molar-refractivity contribution >= 4 is 44.7 Å². The zero-order valence-corrected chi connectivity index (χ0v) is 14.4. The lowest BCUT2D eigenvalue weighted by atomic mass is 10.2. The Morgan fingerprint density at radius 3 is 2.61 bits per heavy atom. The normalized spacial score (nSPS) is 15.4. The summed E-state index contributed by atoms with van der Waals surface area (Å²) >= 11 is 7.83. The molecular weight excluding hydrogens is 328 g/mol. The fourth-order valence-electron chi connectivity index (χ4n) is 3.06. The molecule has 4 rings (SSSR count). The second kappa shape index (κ2) is 5.98. The van der Waals surface area contributed by atoms with E-state index in [1.54, 1.807) is 17.7 Å². The number of nitrogens with zero attached hydrogens (tertiary/aromatic N) is 4. The van der Waals surface area contributed by atoms with Crippen LogP contribution in [0.15, 0.2) is 36.7 Å². The fourth-order valence-corrected chi connectivity index (χ4v) is 4.09. The van der Waals surface area contributed by atoms with Gasteiger partial charge in [-0.15, -0.1) is 11.3 Å². The summed E-state index contributed by atoms with van der Waals surface area (Å²) in [7, 11) is 0. The molecule has 1 aromatic carbocycles. The molecule has 1 aliphatic rings. The third-order valence-corrected chi connectivity index (χ3v) is 5.38. The number of halogens is 1. The maximum Gasteiger partial charge on any atom is 0.140 e. The van der Waals surface area contributed by atoms with Gasteiger partial charge in [-0.05, 0) is 31.2 Å². The van der Waals surface area contributed by atoms with Crippen molar-refractivity contribution < 1.29 is 0 Å². The Morgan fingerprint density at radius 2 is 1.83 bits per heavy atom. The lowest BCUT2D eigenvalue weighted by Crippen LogP contribution is -2.46. The van der Waals surface area contributed by atoms with Crippen molar-refractivity contribution in [3.8, 4) is 0 Å². The highest BCUT2D eigenvalue weighted by atomic mass is 35.5. The topological polar surface area (TPSA) is 32.3 Å². The maximum atomic E-state index is 6.10. The van der Waals surface area contributed by atoms with Gasteiger partial charge in [-0.2, -0.15) is 0 Å². The van der Waals surface area contributed by atoms with Crippen LogP contribution in [0, 0.1) is 6.92 Å². The summed E-state index contributed by atoms with van der Waals surface area (Å²) in [6, 6.07) is 10.3. The Kier molecular flexibility index (Phi) is 3.83. The molecule has 0 atom stereocenters. The van der Waals surface area contributed by atoms with Gasteiger partial charge in [0.25, 0.3) is 0 Å². The number of benzene rings is 1. The first-order valence-electron chi connectivity index (χ1n) is 7.67. The fraction of sp³-hybridized carbons (Fsp3) is 0.294. The second-order valence-electron chi connectivity index (χ2n) is 5.73. The van der Waals surface area contributed by atoms with E-state index in [1.807, 2.05) is 18.2 Å². The van der Waals surface area contributed by atoms with Crippen LogP contribution >= 0.6 is 22.9 Å². The second-order valence-corrected chi connectivity index (χ2v) is 7.40. The maximum absolute atomic E-state index is 6.10. The molecule has 1 saturated heterocycles. The molecule has 0 radical (unpaired) electrons. The first-order valence-corrected chi connectivity index (χ1v) is 8.87. The van der Waals surface area contributed by atoms with Crippen LogP contribution in [0.1, 0.15) is 4.88 Å². The number of rotatable bonds is 2. The quantitative estimate of drug-likeness (QED) is 0.704. The smallest absolute Gasteiger partial charge is 0.140 e. The van der Waals surface area contributed by atoms with Crippen LogP contribution in [0.25, 0.3) is 10.2 Å². The molecule has 3 heterocycles. The Bertz CT molecular complexity index is 839. The van der Waals surface area contributed by atoms with E-state index < -0.39 is 0 Å². The Hall–Kier alpha value is -1.85. The van der Waals surface area contributed by atoms with Gasteiger partial charge in [0.15, 0.2) is 0 Å². The van der Waals surface area contributed by atoms with Crippen molar-refractivity contribution in [3.05, 3.63) is 46.6 Å². The lowest BCUT2D eigenvalue weighted by Gasteiger charge is -2.37. The number of thiophene rings is 1. The number of piperazine rings is 1. The summed E-state index contributed by atoms with van der Waals surface area (Å²) in [4.78, 5) is 16.0. The van der Waals surface area contributed by atoms with E-state index in [4.69, 9.17) is 11.6 Å². The molecule has 118 valence electrons. The molecule has 0 bridgehead atoms. The van der Waals surface area contributed by atoms with Crippen molar-refractivity contribution in [3.63, 3.8) is 0 Å². The van der Waals surface area contributed by atoms with Crippen LogP contribution in [0.3, 0.4) is 0 Å². The van der Waals surface area contributed by atoms with E-state index in [-0.39, 0.29) is 0 Å². The van der Waals surface area contributed by atoms with Gasteiger partial charge in [0, 0.05) is 41.8 Å². The molecule has 1 fully saturated rings. The largest absolute Gasteiger partial charge is 0.368 e. The van der Waals surface area contributed by atoms with Gasteiger partial charge in [0.1, 0.15) is 17.0 Å². The summed E-state index contributed by atoms with van der Waals surface area (Å²) in [5.41, 5.74) is 1.19. The molecule has 3 aromatic rings. The zero-order valence-electron chi connectivity index (χ0n) is 12.9. The number of aryl methyl sites for hydroxylation is 1. The van der Waals surface area contributed by atoms with E-state index in [9.17, 15) is 0 Å². The molecule has 0 aliphatic carbocycles. The number of fused-ring (bicyclic) bond motifs is 1. The highest BCUT2D eigenvalue weighted by molar-refractivity contribution is 7.18. The molecule has 2 aromatic heterocycles. The van der Waals surface area contributed by atoms with Crippen molar-refractivity contribution in [2.24, 2.45) is 0 Å². The minimum absolute atomic E-state index is 0.788. The van der Waals surface area contributed by atoms with Crippen molar-refractivity contribution in [1.82, 2.24) is 9.97 Å². The summed E-state index contributed by atoms with van der Waals surface area (Å²) in [5.74, 6) is 1.06. The van der Waals surface area contributed by atoms with E-state index in [0.29, 0.717) is 0 Å². The predicted molar refractivity (Wildman–Crippen MR) is 98.0 cm³/mol. The van der Waals surface area contributed by atoms with Crippen LogP contribution in [0.5, 0.6) is 0 Å². The van der Waals surface area contributed by atoms with Gasteiger partial charge < -0.3 is 9.80 Å². The summed E-state index contributed by atoms with van der Waals surface area (Å²) in [6.45, 7) is 5.96. The summed E-state index contributed by atoms with van der Waals surface area (Å²) in [6.07, 6.45) is 1.68. The Morgan fingerprint density at radius 1 is 1.04 bits per heavy atom. The number of hydrogen-bond donors (Lipinski definition) is 0. The highest BCUT2D eigenvalue weighted by Crippen LogP contribution is 2.30. The molecule has 0 saturated carbocycles. The molecule has 0 N–H and O–H groups in total. The lowest BCUT2D eigenvalue weighted by molar-refractivity contribution is 0.649. The van der Waals surface area contributed by atoms with E-state index in [1.165, 1.54) is 16.0 Å². The molecular formula is C17H17ClN4S. The first kappa shape index (κ1) is 14.7. The highest BCUT2D eigenvalue weighted by Gasteiger charge is 2.20. The van der Waals surface area contributed by atoms with Crippen LogP contribution in [0.4, 0.5) is 11.5 Å². The predicted octanol–water partition coefficient (Wildman–Crippen LogP) is 3.98. The molecule has 0 unspecified atom stereocenters. The van der Waals surface area contributed by atoms with Gasteiger partial charge in [-0.3, -0.25) is 0 Å². The van der Waals surface area contributed by atoms with Gasteiger partial charge in [0.2, 0.25) is 0 Å². The van der Waals surface area contributed by atoms with E-state index in [0.717, 1.165) is 41.8 Å². The monoisotopic (exact) mass is 344 g/mol. The minimum atomic E-state index is 0.788. The van der Waals surface area contributed by atoms with Gasteiger partial charge >= 0.3 is 0 Å². The first-order chi connectivity index (χ1) is 11.2. The third kappa shape index (κ3) is 2.86. The van der Waals surface area contributed by atoms with Gasteiger partial charge in [-0.1, -0.05) is 17.7 Å². The number of hydrogen-bond acceptors (Lipinski definition) is 5. The standard InChI is InChI=1S/C17H17ClN4S/c1-12-9-15-16(19-11-20-17(15)23-12)22-7-5-21(6-8-22)14-4-2-3-13(18)10-14/h2-4,9-11H,5-8H2,1H3. The molecule has 1 aliphatic heterocycles.